The van der Waals surface area contributed by atoms with Crippen LogP contribution in [0.5, 0.6) is 5.75 Å². The molecule has 1 aromatic heterocycles. The van der Waals surface area contributed by atoms with E-state index in [1.807, 2.05) is 43.3 Å². The van der Waals surface area contributed by atoms with Gasteiger partial charge in [0.1, 0.15) is 23.4 Å². The molecule has 144 valence electrons. The number of benzene rings is 3. The maximum absolute atomic E-state index is 14.5. The molecule has 4 aromatic rings. The maximum atomic E-state index is 14.5. The molecular formula is C24H19FN2O2. The number of hydrogen-bond donors (Lipinski definition) is 0. The SMILES string of the molecule is C[C@@H](Oc1ccc(-c2ccccc2)c(F)c1)c1ccn(C(=O)c2ccccc2)n1. The second-order valence-corrected chi connectivity index (χ2v) is 6.62. The van der Waals surface area contributed by atoms with E-state index < -0.39 is 6.10 Å². The van der Waals surface area contributed by atoms with Gasteiger partial charge in [-0.15, -0.1) is 0 Å². The lowest BCUT2D eigenvalue weighted by Gasteiger charge is -2.13. The minimum absolute atomic E-state index is 0.220. The first kappa shape index (κ1) is 18.6. The van der Waals surface area contributed by atoms with Crippen molar-refractivity contribution in [3.05, 3.63) is 108 Å². The van der Waals surface area contributed by atoms with Crippen molar-refractivity contribution >= 4 is 5.91 Å². The normalized spacial score (nSPS) is 11.8. The van der Waals surface area contributed by atoms with E-state index in [-0.39, 0.29) is 11.7 Å². The van der Waals surface area contributed by atoms with Crippen LogP contribution >= 0.6 is 0 Å². The summed E-state index contributed by atoms with van der Waals surface area (Å²) in [5.74, 6) is -0.174. The van der Waals surface area contributed by atoms with Crippen LogP contribution in [0.2, 0.25) is 0 Å². The zero-order valence-electron chi connectivity index (χ0n) is 15.8. The molecule has 29 heavy (non-hydrogen) atoms. The van der Waals surface area contributed by atoms with E-state index in [9.17, 15) is 9.18 Å². The summed E-state index contributed by atoms with van der Waals surface area (Å²) >= 11 is 0. The topological polar surface area (TPSA) is 44.1 Å². The lowest BCUT2D eigenvalue weighted by molar-refractivity contribution is 0.0943. The molecule has 0 unspecified atom stereocenters. The molecule has 0 amide bonds. The molecule has 5 heteroatoms. The lowest BCUT2D eigenvalue weighted by atomic mass is 10.1. The summed E-state index contributed by atoms with van der Waals surface area (Å²) in [5, 5.41) is 4.32. The first-order valence-electron chi connectivity index (χ1n) is 9.29. The Morgan fingerprint density at radius 1 is 0.966 bits per heavy atom. The standard InChI is InChI=1S/C24H19FN2O2/c1-17(23-14-15-27(26-23)24(28)19-10-6-3-7-11-19)29-20-12-13-21(22(25)16-20)18-8-4-2-5-9-18/h2-17H,1H3/t17-/m1/s1. The Morgan fingerprint density at radius 2 is 1.66 bits per heavy atom. The number of ether oxygens (including phenoxy) is 1. The highest BCUT2D eigenvalue weighted by Gasteiger charge is 2.16. The summed E-state index contributed by atoms with van der Waals surface area (Å²) in [4.78, 5) is 12.5. The Hall–Kier alpha value is -3.73. The second-order valence-electron chi connectivity index (χ2n) is 6.62. The molecule has 1 atom stereocenters. The van der Waals surface area contributed by atoms with Gasteiger partial charge >= 0.3 is 0 Å². The van der Waals surface area contributed by atoms with Crippen LogP contribution in [-0.4, -0.2) is 15.7 Å². The predicted molar refractivity (Wildman–Crippen MR) is 109 cm³/mol. The van der Waals surface area contributed by atoms with Crippen LogP contribution in [-0.2, 0) is 0 Å². The fraction of sp³-hybridized carbons (Fsp3) is 0.0833. The molecule has 4 rings (SSSR count). The van der Waals surface area contributed by atoms with E-state index in [0.717, 1.165) is 5.56 Å². The lowest BCUT2D eigenvalue weighted by Crippen LogP contribution is -2.14. The molecule has 0 aliphatic carbocycles. The number of nitrogens with zero attached hydrogens (tertiary/aromatic N) is 2. The number of hydrogen-bond acceptors (Lipinski definition) is 3. The summed E-state index contributed by atoms with van der Waals surface area (Å²) in [6.45, 7) is 1.81. The number of carbonyl (C=O) groups is 1. The zero-order chi connectivity index (χ0) is 20.2. The van der Waals surface area contributed by atoms with Gasteiger partial charge in [0.2, 0.25) is 0 Å². The Labute approximate surface area is 168 Å². The molecule has 4 nitrogen and oxygen atoms in total. The highest BCUT2D eigenvalue weighted by Crippen LogP contribution is 2.28. The Bertz CT molecular complexity index is 1120. The summed E-state index contributed by atoms with van der Waals surface area (Å²) in [6, 6.07) is 24.8. The first-order valence-corrected chi connectivity index (χ1v) is 9.29. The molecular weight excluding hydrogens is 367 g/mol. The summed E-state index contributed by atoms with van der Waals surface area (Å²) in [5.41, 5.74) is 2.46. The molecule has 1 heterocycles. The van der Waals surface area contributed by atoms with Crippen LogP contribution in [0, 0.1) is 5.82 Å². The van der Waals surface area contributed by atoms with E-state index in [0.29, 0.717) is 22.6 Å². The molecule has 0 spiro atoms. The van der Waals surface area contributed by atoms with Gasteiger partial charge in [-0.2, -0.15) is 5.10 Å². The molecule has 0 aliphatic heterocycles. The van der Waals surface area contributed by atoms with Crippen LogP contribution in [0.3, 0.4) is 0 Å². The van der Waals surface area contributed by atoms with Crippen molar-refractivity contribution in [2.45, 2.75) is 13.0 Å². The van der Waals surface area contributed by atoms with Crippen molar-refractivity contribution in [2.24, 2.45) is 0 Å². The summed E-state index contributed by atoms with van der Waals surface area (Å²) < 4.78 is 21.7. The summed E-state index contributed by atoms with van der Waals surface area (Å²) in [6.07, 6.45) is 1.16. The third-order valence-electron chi connectivity index (χ3n) is 4.59. The van der Waals surface area contributed by atoms with E-state index in [4.69, 9.17) is 4.74 Å². The minimum atomic E-state index is -0.443. The van der Waals surface area contributed by atoms with Gasteiger partial charge in [-0.3, -0.25) is 4.79 Å². The number of aromatic nitrogens is 2. The molecule has 0 saturated heterocycles. The number of rotatable bonds is 5. The Kier molecular flexibility index (Phi) is 5.20. The quantitative estimate of drug-likeness (QED) is 0.454. The Balaban J connectivity index is 1.49. The van der Waals surface area contributed by atoms with Gasteiger partial charge in [0, 0.05) is 23.4 Å². The van der Waals surface area contributed by atoms with Crippen molar-refractivity contribution in [1.82, 2.24) is 9.78 Å². The van der Waals surface area contributed by atoms with Gasteiger partial charge in [-0.1, -0.05) is 48.5 Å². The van der Waals surface area contributed by atoms with Crippen molar-refractivity contribution in [2.75, 3.05) is 0 Å². The average Bonchev–Trinajstić information content (AvgIpc) is 3.25. The third kappa shape index (κ3) is 4.09. The van der Waals surface area contributed by atoms with E-state index in [1.54, 1.807) is 48.7 Å². The fourth-order valence-corrected chi connectivity index (χ4v) is 3.07. The van der Waals surface area contributed by atoms with Gasteiger partial charge < -0.3 is 4.74 Å². The molecule has 0 saturated carbocycles. The average molecular weight is 386 g/mol. The highest BCUT2D eigenvalue weighted by atomic mass is 19.1. The molecule has 0 aliphatic rings. The molecule has 0 bridgehead atoms. The van der Waals surface area contributed by atoms with Crippen molar-refractivity contribution in [3.8, 4) is 16.9 Å². The smallest absolute Gasteiger partial charge is 0.278 e. The van der Waals surface area contributed by atoms with E-state index >= 15 is 0 Å². The third-order valence-corrected chi connectivity index (χ3v) is 4.59. The number of halogens is 1. The van der Waals surface area contributed by atoms with Crippen LogP contribution in [0.15, 0.2) is 91.1 Å². The van der Waals surface area contributed by atoms with Gasteiger partial charge in [0.15, 0.2) is 0 Å². The monoisotopic (exact) mass is 386 g/mol. The molecule has 0 radical (unpaired) electrons. The van der Waals surface area contributed by atoms with Crippen LogP contribution in [0.4, 0.5) is 4.39 Å². The largest absolute Gasteiger partial charge is 0.484 e. The van der Waals surface area contributed by atoms with Crippen LogP contribution in [0.1, 0.15) is 29.1 Å². The Morgan fingerprint density at radius 3 is 2.34 bits per heavy atom. The van der Waals surface area contributed by atoms with Crippen molar-refractivity contribution in [3.63, 3.8) is 0 Å². The van der Waals surface area contributed by atoms with Gasteiger partial charge in [0.05, 0.1) is 0 Å². The number of carbonyl (C=O) groups excluding carboxylic acids is 1. The van der Waals surface area contributed by atoms with Gasteiger partial charge in [-0.25, -0.2) is 9.07 Å². The molecule has 0 fully saturated rings. The van der Waals surface area contributed by atoms with E-state index in [2.05, 4.69) is 5.10 Å². The van der Waals surface area contributed by atoms with E-state index in [1.165, 1.54) is 10.7 Å². The first-order chi connectivity index (χ1) is 14.1. The predicted octanol–water partition coefficient (Wildman–Crippen LogP) is 5.52. The molecule has 3 aromatic carbocycles. The maximum Gasteiger partial charge on any atom is 0.278 e. The van der Waals surface area contributed by atoms with Gasteiger partial charge in [0.25, 0.3) is 5.91 Å². The van der Waals surface area contributed by atoms with Crippen molar-refractivity contribution in [1.29, 1.82) is 0 Å². The fourth-order valence-electron chi connectivity index (χ4n) is 3.07. The van der Waals surface area contributed by atoms with Crippen LogP contribution in [0.25, 0.3) is 11.1 Å². The van der Waals surface area contributed by atoms with Crippen LogP contribution < -0.4 is 4.74 Å². The highest BCUT2D eigenvalue weighted by molar-refractivity contribution is 5.95. The second kappa shape index (κ2) is 8.10. The summed E-state index contributed by atoms with van der Waals surface area (Å²) in [7, 11) is 0. The van der Waals surface area contributed by atoms with Gasteiger partial charge in [-0.05, 0) is 42.8 Å². The molecule has 0 N–H and O–H groups in total. The van der Waals surface area contributed by atoms with Crippen molar-refractivity contribution < 1.29 is 13.9 Å². The minimum Gasteiger partial charge on any atom is -0.484 e. The zero-order valence-corrected chi connectivity index (χ0v) is 15.8.